The van der Waals surface area contributed by atoms with Crippen LogP contribution >= 0.6 is 11.6 Å². The van der Waals surface area contributed by atoms with Crippen LogP contribution in [-0.4, -0.2) is 26.4 Å². The summed E-state index contributed by atoms with van der Waals surface area (Å²) >= 11 is 6.01. The summed E-state index contributed by atoms with van der Waals surface area (Å²) in [4.78, 5) is 29.1. The number of hydrogen-bond acceptors (Lipinski definition) is 3. The molecule has 0 unspecified atom stereocenters. The lowest BCUT2D eigenvalue weighted by atomic mass is 10.0. The molecule has 9 heteroatoms. The monoisotopic (exact) mass is 531 g/mol. The highest BCUT2D eigenvalue weighted by Gasteiger charge is 2.18. The number of rotatable bonds is 7. The normalized spacial score (nSPS) is 11.0. The minimum absolute atomic E-state index is 0.145. The van der Waals surface area contributed by atoms with Crippen LogP contribution in [0.3, 0.4) is 0 Å². The number of carboxylic acids is 1. The first-order valence-electron chi connectivity index (χ1n) is 11.6. The van der Waals surface area contributed by atoms with Gasteiger partial charge < -0.3 is 10.4 Å². The summed E-state index contributed by atoms with van der Waals surface area (Å²) in [6, 6.07) is 20.4. The van der Waals surface area contributed by atoms with Crippen molar-refractivity contribution in [1.82, 2.24) is 14.7 Å². The molecule has 0 radical (unpaired) electrons. The Morgan fingerprint density at radius 1 is 0.868 bits per heavy atom. The van der Waals surface area contributed by atoms with Crippen molar-refractivity contribution in [3.63, 3.8) is 0 Å². The quantitative estimate of drug-likeness (QED) is 0.264. The van der Waals surface area contributed by atoms with Crippen LogP contribution in [0.2, 0.25) is 5.02 Å². The summed E-state index contributed by atoms with van der Waals surface area (Å²) in [5, 5.41) is 12.6. The lowest BCUT2D eigenvalue weighted by Gasteiger charge is -2.13. The summed E-state index contributed by atoms with van der Waals surface area (Å²) in [5.41, 5.74) is 3.58. The third-order valence-corrected chi connectivity index (χ3v) is 6.37. The molecule has 38 heavy (non-hydrogen) atoms. The highest BCUT2D eigenvalue weighted by atomic mass is 35.5. The van der Waals surface area contributed by atoms with E-state index in [1.54, 1.807) is 47.0 Å². The van der Waals surface area contributed by atoms with Crippen LogP contribution < -0.4 is 5.32 Å². The standard InChI is InChI=1S/C29H20ClF2N3O3/c30-22-8-3-17(4-9-22)11-27-33-16-23-12-21(20-7-10-24(31)25(32)13-20)14-26(35(23)27)28(36)34-15-18-1-5-19(6-2-18)29(37)38/h1-10,12-14,16H,11,15H2,(H,34,36)(H,37,38). The molecule has 5 rings (SSSR count). The number of hydrogen-bond donors (Lipinski definition) is 2. The van der Waals surface area contributed by atoms with E-state index in [-0.39, 0.29) is 17.8 Å². The zero-order chi connectivity index (χ0) is 26.8. The molecular weight excluding hydrogens is 512 g/mol. The molecule has 0 atom stereocenters. The van der Waals surface area contributed by atoms with E-state index >= 15 is 0 Å². The van der Waals surface area contributed by atoms with Crippen LogP contribution in [0.25, 0.3) is 16.6 Å². The second-order valence-electron chi connectivity index (χ2n) is 8.68. The number of carbonyl (C=O) groups excluding carboxylic acids is 1. The number of nitrogens with one attached hydrogen (secondary N) is 1. The largest absolute Gasteiger partial charge is 0.478 e. The van der Waals surface area contributed by atoms with Gasteiger partial charge in [0, 0.05) is 18.0 Å². The lowest BCUT2D eigenvalue weighted by Crippen LogP contribution is -2.25. The molecular formula is C29H20ClF2N3O3. The van der Waals surface area contributed by atoms with E-state index in [0.29, 0.717) is 39.5 Å². The fourth-order valence-corrected chi connectivity index (χ4v) is 4.28. The van der Waals surface area contributed by atoms with Crippen LogP contribution in [0.5, 0.6) is 0 Å². The van der Waals surface area contributed by atoms with Gasteiger partial charge in [0.2, 0.25) is 0 Å². The molecule has 0 aliphatic heterocycles. The molecule has 0 saturated carbocycles. The Morgan fingerprint density at radius 3 is 2.26 bits per heavy atom. The number of fused-ring (bicyclic) bond motifs is 1. The Kier molecular flexibility index (Phi) is 6.89. The van der Waals surface area contributed by atoms with Crippen molar-refractivity contribution < 1.29 is 23.5 Å². The lowest BCUT2D eigenvalue weighted by molar-refractivity contribution is 0.0696. The maximum Gasteiger partial charge on any atom is 0.335 e. The maximum atomic E-state index is 14.0. The van der Waals surface area contributed by atoms with Crippen molar-refractivity contribution in [3.05, 3.63) is 130 Å². The molecule has 0 spiro atoms. The van der Waals surface area contributed by atoms with Gasteiger partial charge in [0.05, 0.1) is 17.3 Å². The van der Waals surface area contributed by atoms with E-state index in [2.05, 4.69) is 10.3 Å². The highest BCUT2D eigenvalue weighted by Crippen LogP contribution is 2.26. The number of imidazole rings is 1. The van der Waals surface area contributed by atoms with Crippen LogP contribution in [0.4, 0.5) is 8.78 Å². The molecule has 6 nitrogen and oxygen atoms in total. The fourth-order valence-electron chi connectivity index (χ4n) is 4.15. The molecule has 2 N–H and O–H groups in total. The van der Waals surface area contributed by atoms with Gasteiger partial charge in [-0.2, -0.15) is 0 Å². The summed E-state index contributed by atoms with van der Waals surface area (Å²) in [6.07, 6.45) is 2.04. The van der Waals surface area contributed by atoms with Gasteiger partial charge in [-0.1, -0.05) is 41.9 Å². The van der Waals surface area contributed by atoms with Gasteiger partial charge in [0.25, 0.3) is 5.91 Å². The summed E-state index contributed by atoms with van der Waals surface area (Å²) < 4.78 is 29.3. The van der Waals surface area contributed by atoms with Gasteiger partial charge in [-0.25, -0.2) is 18.6 Å². The smallest absolute Gasteiger partial charge is 0.335 e. The number of nitrogens with zero attached hydrogens (tertiary/aromatic N) is 2. The number of carboxylic acid groups (broad SMARTS) is 1. The van der Waals surface area contributed by atoms with Gasteiger partial charge >= 0.3 is 5.97 Å². The first-order valence-corrected chi connectivity index (χ1v) is 12.0. The van der Waals surface area contributed by atoms with Crippen molar-refractivity contribution in [2.75, 3.05) is 0 Å². The van der Waals surface area contributed by atoms with E-state index in [0.717, 1.165) is 17.7 Å². The number of halogens is 3. The van der Waals surface area contributed by atoms with Gasteiger partial charge in [-0.05, 0) is 70.8 Å². The molecule has 0 aliphatic carbocycles. The van der Waals surface area contributed by atoms with Gasteiger partial charge in [-0.15, -0.1) is 0 Å². The fraction of sp³-hybridized carbons (Fsp3) is 0.0690. The Morgan fingerprint density at radius 2 is 1.58 bits per heavy atom. The molecule has 2 aromatic heterocycles. The average Bonchev–Trinajstić information content (AvgIpc) is 3.32. The highest BCUT2D eigenvalue weighted by molar-refractivity contribution is 6.30. The van der Waals surface area contributed by atoms with Crippen molar-refractivity contribution in [2.45, 2.75) is 13.0 Å². The minimum Gasteiger partial charge on any atom is -0.478 e. The second kappa shape index (κ2) is 10.4. The molecule has 2 heterocycles. The molecule has 0 bridgehead atoms. The first kappa shape index (κ1) is 25.1. The Bertz CT molecular complexity index is 1670. The number of amides is 1. The molecule has 5 aromatic rings. The van der Waals surface area contributed by atoms with Crippen LogP contribution in [0.1, 0.15) is 37.8 Å². The summed E-state index contributed by atoms with van der Waals surface area (Å²) in [6.45, 7) is 0.150. The molecule has 0 aliphatic rings. The third-order valence-electron chi connectivity index (χ3n) is 6.11. The Labute approximate surface area is 221 Å². The van der Waals surface area contributed by atoms with Crippen LogP contribution in [0, 0.1) is 11.6 Å². The second-order valence-corrected chi connectivity index (χ2v) is 9.12. The van der Waals surface area contributed by atoms with E-state index < -0.39 is 23.5 Å². The molecule has 3 aromatic carbocycles. The van der Waals surface area contributed by atoms with Crippen LogP contribution in [0.15, 0.2) is 85.1 Å². The van der Waals surface area contributed by atoms with E-state index in [1.807, 2.05) is 12.1 Å². The third kappa shape index (κ3) is 5.26. The average molecular weight is 532 g/mol. The predicted molar refractivity (Wildman–Crippen MR) is 139 cm³/mol. The van der Waals surface area contributed by atoms with Crippen molar-refractivity contribution in [2.24, 2.45) is 0 Å². The number of pyridine rings is 1. The van der Waals surface area contributed by atoms with Gasteiger partial charge in [-0.3, -0.25) is 9.20 Å². The summed E-state index contributed by atoms with van der Waals surface area (Å²) in [7, 11) is 0. The molecule has 0 saturated heterocycles. The Hall–Kier alpha value is -4.56. The Balaban J connectivity index is 1.53. The number of benzene rings is 3. The molecule has 190 valence electrons. The zero-order valence-corrected chi connectivity index (χ0v) is 20.5. The number of aromatic nitrogens is 2. The minimum atomic E-state index is -1.04. The van der Waals surface area contributed by atoms with Gasteiger partial charge in [0.15, 0.2) is 11.6 Å². The van der Waals surface area contributed by atoms with Crippen molar-refractivity contribution in [1.29, 1.82) is 0 Å². The summed E-state index contributed by atoms with van der Waals surface area (Å²) in [5.74, 6) is -2.80. The zero-order valence-electron chi connectivity index (χ0n) is 19.8. The van der Waals surface area contributed by atoms with E-state index in [9.17, 15) is 18.4 Å². The number of carbonyl (C=O) groups is 2. The maximum absolute atomic E-state index is 14.0. The van der Waals surface area contributed by atoms with Crippen molar-refractivity contribution >= 4 is 29.0 Å². The van der Waals surface area contributed by atoms with E-state index in [1.165, 1.54) is 18.2 Å². The SMILES string of the molecule is O=C(O)c1ccc(CNC(=O)c2cc(-c3ccc(F)c(F)c3)cc3cnc(Cc4ccc(Cl)cc4)n23)cc1. The van der Waals surface area contributed by atoms with E-state index in [4.69, 9.17) is 16.7 Å². The van der Waals surface area contributed by atoms with Gasteiger partial charge in [0.1, 0.15) is 11.5 Å². The van der Waals surface area contributed by atoms with Crippen LogP contribution in [-0.2, 0) is 13.0 Å². The first-order chi connectivity index (χ1) is 18.3. The predicted octanol–water partition coefficient (Wildman–Crippen LogP) is 6.15. The van der Waals surface area contributed by atoms with Crippen molar-refractivity contribution in [3.8, 4) is 11.1 Å². The number of aromatic carboxylic acids is 1. The molecule has 1 amide bonds. The topological polar surface area (TPSA) is 83.7 Å². The molecule has 0 fully saturated rings.